The van der Waals surface area contributed by atoms with Crippen LogP contribution in [0, 0.1) is 11.6 Å². The van der Waals surface area contributed by atoms with Crippen molar-refractivity contribution in [1.82, 2.24) is 0 Å². The van der Waals surface area contributed by atoms with Crippen molar-refractivity contribution < 1.29 is 8.78 Å². The monoisotopic (exact) mass is 343 g/mol. The van der Waals surface area contributed by atoms with Gasteiger partial charge in [0.2, 0.25) is 0 Å². The van der Waals surface area contributed by atoms with Crippen molar-refractivity contribution in [3.8, 4) is 0 Å². The summed E-state index contributed by atoms with van der Waals surface area (Å²) in [5.74, 6) is -0.358. The lowest BCUT2D eigenvalue weighted by atomic mass is 10.3. The number of hydrogen-bond acceptors (Lipinski definition) is 2. The third-order valence-corrected chi connectivity index (χ3v) is 4.18. The number of nitrogens with one attached hydrogen (secondary N) is 1. The summed E-state index contributed by atoms with van der Waals surface area (Å²) in [6.07, 6.45) is 0. The van der Waals surface area contributed by atoms with Gasteiger partial charge in [0.15, 0.2) is 0 Å². The minimum Gasteiger partial charge on any atom is -0.383 e. The lowest BCUT2D eigenvalue weighted by molar-refractivity contribution is 0.566. The predicted molar refractivity (Wildman–Crippen MR) is 79.7 cm³/mol. The third-order valence-electron chi connectivity index (χ3n) is 2.44. The van der Waals surface area contributed by atoms with Crippen LogP contribution in [0.5, 0.6) is 0 Å². The van der Waals surface area contributed by atoms with Crippen molar-refractivity contribution in [1.29, 1.82) is 0 Å². The first-order chi connectivity index (χ1) is 9.16. The van der Waals surface area contributed by atoms with E-state index in [4.69, 9.17) is 0 Å². The minimum atomic E-state index is -0.548. The Labute approximate surface area is 123 Å². The summed E-state index contributed by atoms with van der Waals surface area (Å²) in [6, 6.07) is 11.4. The summed E-state index contributed by atoms with van der Waals surface area (Å²) in [4.78, 5) is 0.468. The molecule has 0 amide bonds. The van der Waals surface area contributed by atoms with E-state index < -0.39 is 11.6 Å². The van der Waals surface area contributed by atoms with Crippen LogP contribution in [-0.2, 0) is 0 Å². The number of hydrogen-bond donors (Lipinski definition) is 1. The molecule has 0 aromatic heterocycles. The molecule has 0 atom stereocenters. The Morgan fingerprint density at radius 2 is 1.89 bits per heavy atom. The van der Waals surface area contributed by atoms with Crippen LogP contribution in [0.2, 0.25) is 0 Å². The predicted octanol–water partition coefficient (Wildman–Crippen LogP) is 4.93. The van der Waals surface area contributed by atoms with Gasteiger partial charge in [0.1, 0.15) is 11.6 Å². The van der Waals surface area contributed by atoms with Gasteiger partial charge >= 0.3 is 0 Å². The van der Waals surface area contributed by atoms with Gasteiger partial charge in [-0.25, -0.2) is 8.78 Å². The van der Waals surface area contributed by atoms with Crippen molar-refractivity contribution in [3.63, 3.8) is 0 Å². The molecule has 2 aromatic carbocycles. The zero-order valence-electron chi connectivity index (χ0n) is 10.00. The highest BCUT2D eigenvalue weighted by Gasteiger charge is 2.04. The van der Waals surface area contributed by atoms with Crippen LogP contribution in [0.4, 0.5) is 14.5 Å². The molecule has 0 heterocycles. The van der Waals surface area contributed by atoms with Crippen LogP contribution in [0.25, 0.3) is 0 Å². The van der Waals surface area contributed by atoms with E-state index in [0.717, 1.165) is 16.2 Å². The van der Waals surface area contributed by atoms with Gasteiger partial charge in [-0.1, -0.05) is 12.1 Å². The summed E-state index contributed by atoms with van der Waals surface area (Å²) in [5.41, 5.74) is 1.00. The molecule has 0 radical (unpaired) electrons. The van der Waals surface area contributed by atoms with Gasteiger partial charge < -0.3 is 5.32 Å². The highest BCUT2D eigenvalue weighted by Crippen LogP contribution is 2.24. The van der Waals surface area contributed by atoms with Crippen molar-refractivity contribution in [2.45, 2.75) is 4.90 Å². The summed E-state index contributed by atoms with van der Waals surface area (Å²) >= 11 is 4.80. The topological polar surface area (TPSA) is 12.0 Å². The quantitative estimate of drug-likeness (QED) is 0.610. The van der Waals surface area contributed by atoms with Crippen LogP contribution in [0.15, 0.2) is 51.8 Å². The number of para-hydroxylation sites is 1. The van der Waals surface area contributed by atoms with Gasteiger partial charge in [-0.05, 0) is 40.2 Å². The first-order valence-corrected chi connectivity index (χ1v) is 7.51. The molecular weight excluding hydrogens is 332 g/mol. The van der Waals surface area contributed by atoms with E-state index in [1.54, 1.807) is 0 Å². The Morgan fingerprint density at radius 1 is 1.11 bits per heavy atom. The van der Waals surface area contributed by atoms with Crippen LogP contribution >= 0.6 is 27.7 Å². The average molecular weight is 344 g/mol. The number of anilines is 1. The second-order valence-corrected chi connectivity index (χ2v) is 5.82. The fraction of sp³-hybridized carbons (Fsp3) is 0.143. The van der Waals surface area contributed by atoms with Crippen molar-refractivity contribution >= 4 is 33.4 Å². The van der Waals surface area contributed by atoms with Gasteiger partial charge in [-0.15, -0.1) is 11.8 Å². The largest absolute Gasteiger partial charge is 0.383 e. The lowest BCUT2D eigenvalue weighted by Gasteiger charge is -2.08. The molecule has 0 aliphatic carbocycles. The normalized spacial score (nSPS) is 10.5. The van der Waals surface area contributed by atoms with E-state index >= 15 is 0 Å². The Hall–Kier alpha value is -1.07. The summed E-state index contributed by atoms with van der Waals surface area (Å²) in [6.45, 7) is 0.699. The average Bonchev–Trinajstić information content (AvgIpc) is 2.38. The molecule has 2 aromatic rings. The molecule has 0 bridgehead atoms. The van der Waals surface area contributed by atoms with Crippen LogP contribution in [-0.4, -0.2) is 12.3 Å². The molecular formula is C14H12BrF2NS. The molecule has 1 nitrogen and oxygen atoms in total. The Balaban J connectivity index is 1.83. The standard InChI is InChI=1S/C14H12BrF2NS/c15-11-3-1-2-4-13(11)18-7-8-19-14-6-5-10(16)9-12(14)17/h1-6,9,18H,7-8H2. The van der Waals surface area contributed by atoms with Crippen molar-refractivity contribution in [2.24, 2.45) is 0 Å². The van der Waals surface area contributed by atoms with Crippen LogP contribution in [0.1, 0.15) is 0 Å². The zero-order valence-corrected chi connectivity index (χ0v) is 12.4. The van der Waals surface area contributed by atoms with Gasteiger partial charge in [0.25, 0.3) is 0 Å². The van der Waals surface area contributed by atoms with E-state index in [0.29, 0.717) is 17.2 Å². The van der Waals surface area contributed by atoms with Gasteiger partial charge in [0.05, 0.1) is 0 Å². The van der Waals surface area contributed by atoms with Gasteiger partial charge in [-0.3, -0.25) is 0 Å². The molecule has 0 aliphatic rings. The SMILES string of the molecule is Fc1ccc(SCCNc2ccccc2Br)c(F)c1. The van der Waals surface area contributed by atoms with Crippen molar-refractivity contribution in [3.05, 3.63) is 58.6 Å². The highest BCUT2D eigenvalue weighted by atomic mass is 79.9. The summed E-state index contributed by atoms with van der Waals surface area (Å²) in [7, 11) is 0. The minimum absolute atomic E-state index is 0.468. The first-order valence-electron chi connectivity index (χ1n) is 5.73. The molecule has 0 aliphatic heterocycles. The highest BCUT2D eigenvalue weighted by molar-refractivity contribution is 9.10. The van der Waals surface area contributed by atoms with E-state index in [1.807, 2.05) is 24.3 Å². The molecule has 0 unspecified atom stereocenters. The molecule has 2 rings (SSSR count). The number of thioether (sulfide) groups is 1. The number of halogens is 3. The third kappa shape index (κ3) is 4.21. The number of rotatable bonds is 5. The van der Waals surface area contributed by atoms with E-state index in [9.17, 15) is 8.78 Å². The second kappa shape index (κ2) is 6.91. The van der Waals surface area contributed by atoms with Gasteiger partial charge in [0, 0.05) is 33.4 Å². The van der Waals surface area contributed by atoms with Crippen LogP contribution < -0.4 is 5.32 Å². The summed E-state index contributed by atoms with van der Waals surface area (Å²) in [5, 5.41) is 3.25. The Kier molecular flexibility index (Phi) is 5.22. The maximum absolute atomic E-state index is 13.4. The Bertz CT molecular complexity index is 563. The molecule has 1 N–H and O–H groups in total. The number of benzene rings is 2. The van der Waals surface area contributed by atoms with E-state index in [-0.39, 0.29) is 0 Å². The zero-order chi connectivity index (χ0) is 13.7. The van der Waals surface area contributed by atoms with Gasteiger partial charge in [-0.2, -0.15) is 0 Å². The van der Waals surface area contributed by atoms with Crippen molar-refractivity contribution in [2.75, 3.05) is 17.6 Å². The molecule has 0 saturated heterocycles. The Morgan fingerprint density at radius 3 is 2.63 bits per heavy atom. The lowest BCUT2D eigenvalue weighted by Crippen LogP contribution is -2.04. The fourth-order valence-electron chi connectivity index (χ4n) is 1.54. The first kappa shape index (κ1) is 14.3. The molecule has 0 fully saturated rings. The van der Waals surface area contributed by atoms with E-state index in [2.05, 4.69) is 21.2 Å². The smallest absolute Gasteiger partial charge is 0.139 e. The molecule has 5 heteroatoms. The summed E-state index contributed by atoms with van der Waals surface area (Å²) < 4.78 is 27.1. The van der Waals surface area contributed by atoms with E-state index in [1.165, 1.54) is 23.9 Å². The maximum atomic E-state index is 13.4. The molecule has 0 saturated carbocycles. The molecule has 19 heavy (non-hydrogen) atoms. The molecule has 0 spiro atoms. The maximum Gasteiger partial charge on any atom is 0.139 e. The van der Waals surface area contributed by atoms with Crippen LogP contribution in [0.3, 0.4) is 0 Å². The molecule has 100 valence electrons. The second-order valence-electron chi connectivity index (χ2n) is 3.83. The fourth-order valence-corrected chi connectivity index (χ4v) is 2.75.